The topological polar surface area (TPSA) is 57.4 Å². The molecule has 2 rings (SSSR count). The van der Waals surface area contributed by atoms with Crippen LogP contribution in [0.15, 0.2) is 18.3 Å². The average molecular weight is 307 g/mol. The molecule has 0 bridgehead atoms. The second-order valence-electron chi connectivity index (χ2n) is 7.19. The standard InChI is InChI=1S/C17H29N3O2/c1-13(15-8-5-9-18-15)20-10-6-7-14(12-20)11-19-16(21)22-17(2,3)4/h5,8-9,13-14,18H,6-7,10-12H2,1-4H3,(H,19,21)/t13-,14+/m0/s1. The first-order valence-corrected chi connectivity index (χ1v) is 8.19. The van der Waals surface area contributed by atoms with Gasteiger partial charge >= 0.3 is 6.09 Å². The van der Waals surface area contributed by atoms with E-state index in [1.807, 2.05) is 33.0 Å². The van der Waals surface area contributed by atoms with Gasteiger partial charge in [-0.3, -0.25) is 4.90 Å². The van der Waals surface area contributed by atoms with Gasteiger partial charge in [0, 0.05) is 31.0 Å². The predicted molar refractivity (Wildman–Crippen MR) is 87.7 cm³/mol. The summed E-state index contributed by atoms with van der Waals surface area (Å²) in [5.74, 6) is 0.485. The van der Waals surface area contributed by atoms with E-state index in [4.69, 9.17) is 4.74 Å². The number of aromatic amines is 1. The fraction of sp³-hybridized carbons (Fsp3) is 0.706. The minimum Gasteiger partial charge on any atom is -0.444 e. The Morgan fingerprint density at radius 2 is 2.32 bits per heavy atom. The maximum Gasteiger partial charge on any atom is 0.407 e. The Labute approximate surface area is 133 Å². The molecule has 124 valence electrons. The number of aromatic nitrogens is 1. The van der Waals surface area contributed by atoms with Gasteiger partial charge in [-0.1, -0.05) is 0 Å². The number of carbonyl (C=O) groups excluding carboxylic acids is 1. The molecule has 1 aliphatic rings. The number of hydrogen-bond donors (Lipinski definition) is 2. The molecule has 0 radical (unpaired) electrons. The van der Waals surface area contributed by atoms with Crippen molar-refractivity contribution >= 4 is 6.09 Å². The first-order valence-electron chi connectivity index (χ1n) is 8.19. The van der Waals surface area contributed by atoms with Crippen molar-refractivity contribution in [3.05, 3.63) is 24.0 Å². The summed E-state index contributed by atoms with van der Waals surface area (Å²) in [4.78, 5) is 17.5. The van der Waals surface area contributed by atoms with E-state index in [1.165, 1.54) is 12.1 Å². The summed E-state index contributed by atoms with van der Waals surface area (Å²) in [5, 5.41) is 2.91. The highest BCUT2D eigenvalue weighted by Gasteiger charge is 2.25. The van der Waals surface area contributed by atoms with Gasteiger partial charge in [-0.25, -0.2) is 4.79 Å². The van der Waals surface area contributed by atoms with Crippen LogP contribution in [0.1, 0.15) is 52.3 Å². The Hall–Kier alpha value is -1.49. The second kappa shape index (κ2) is 7.18. The third-order valence-corrected chi connectivity index (χ3v) is 4.10. The Kier molecular flexibility index (Phi) is 5.51. The summed E-state index contributed by atoms with van der Waals surface area (Å²) in [6.45, 7) is 10.7. The molecule has 2 heterocycles. The second-order valence-corrected chi connectivity index (χ2v) is 7.19. The van der Waals surface area contributed by atoms with E-state index in [0.717, 1.165) is 19.5 Å². The molecule has 1 fully saturated rings. The molecular weight excluding hydrogens is 278 g/mol. The lowest BCUT2D eigenvalue weighted by Gasteiger charge is -2.36. The van der Waals surface area contributed by atoms with Crippen molar-refractivity contribution in [2.45, 2.75) is 52.2 Å². The predicted octanol–water partition coefficient (Wildman–Crippen LogP) is 3.31. The largest absolute Gasteiger partial charge is 0.444 e. The van der Waals surface area contributed by atoms with E-state index in [2.05, 4.69) is 28.2 Å². The van der Waals surface area contributed by atoms with Gasteiger partial charge in [0.05, 0.1) is 0 Å². The lowest BCUT2D eigenvalue weighted by atomic mass is 9.96. The third-order valence-electron chi connectivity index (χ3n) is 4.10. The fourth-order valence-electron chi connectivity index (χ4n) is 2.96. The van der Waals surface area contributed by atoms with Crippen LogP contribution in [0.25, 0.3) is 0 Å². The molecule has 0 unspecified atom stereocenters. The van der Waals surface area contributed by atoms with Crippen LogP contribution in [0.2, 0.25) is 0 Å². The molecule has 0 saturated carbocycles. The van der Waals surface area contributed by atoms with Crippen molar-refractivity contribution in [1.82, 2.24) is 15.2 Å². The summed E-state index contributed by atoms with van der Waals surface area (Å²) in [5.41, 5.74) is 0.811. The van der Waals surface area contributed by atoms with Crippen LogP contribution in [0, 0.1) is 5.92 Å². The number of ether oxygens (including phenoxy) is 1. The molecule has 1 aliphatic heterocycles. The van der Waals surface area contributed by atoms with Gasteiger partial charge in [-0.2, -0.15) is 0 Å². The van der Waals surface area contributed by atoms with Crippen LogP contribution in [-0.4, -0.2) is 41.2 Å². The number of nitrogens with zero attached hydrogens (tertiary/aromatic N) is 1. The van der Waals surface area contributed by atoms with Gasteiger partial charge in [-0.15, -0.1) is 0 Å². The molecule has 22 heavy (non-hydrogen) atoms. The van der Waals surface area contributed by atoms with Crippen molar-refractivity contribution < 1.29 is 9.53 Å². The highest BCUT2D eigenvalue weighted by atomic mass is 16.6. The number of carbonyl (C=O) groups is 1. The van der Waals surface area contributed by atoms with Crippen molar-refractivity contribution in [2.75, 3.05) is 19.6 Å². The third kappa shape index (κ3) is 5.05. The molecule has 1 amide bonds. The molecule has 2 atom stereocenters. The van der Waals surface area contributed by atoms with Crippen molar-refractivity contribution in [3.63, 3.8) is 0 Å². The van der Waals surface area contributed by atoms with Crippen molar-refractivity contribution in [2.24, 2.45) is 5.92 Å². The Morgan fingerprint density at radius 3 is 2.95 bits per heavy atom. The summed E-state index contributed by atoms with van der Waals surface area (Å²) in [7, 11) is 0. The molecule has 1 aromatic heterocycles. The molecule has 1 aromatic rings. The maximum absolute atomic E-state index is 11.8. The van der Waals surface area contributed by atoms with E-state index in [1.54, 1.807) is 0 Å². The van der Waals surface area contributed by atoms with Gasteiger partial charge in [0.1, 0.15) is 5.60 Å². The molecule has 1 saturated heterocycles. The van der Waals surface area contributed by atoms with E-state index in [-0.39, 0.29) is 6.09 Å². The Balaban J connectivity index is 1.80. The zero-order valence-electron chi connectivity index (χ0n) is 14.2. The summed E-state index contributed by atoms with van der Waals surface area (Å²) in [6.07, 6.45) is 3.98. The Morgan fingerprint density at radius 1 is 1.55 bits per heavy atom. The molecule has 0 aromatic carbocycles. The van der Waals surface area contributed by atoms with Gasteiger partial charge in [0.2, 0.25) is 0 Å². The van der Waals surface area contributed by atoms with Crippen molar-refractivity contribution in [3.8, 4) is 0 Å². The van der Waals surface area contributed by atoms with E-state index >= 15 is 0 Å². The van der Waals surface area contributed by atoms with Crippen LogP contribution >= 0.6 is 0 Å². The number of amides is 1. The number of likely N-dealkylation sites (tertiary alicyclic amines) is 1. The van der Waals surface area contributed by atoms with Crippen LogP contribution in [0.4, 0.5) is 4.79 Å². The minimum absolute atomic E-state index is 0.318. The summed E-state index contributed by atoms with van der Waals surface area (Å²) < 4.78 is 5.29. The van der Waals surface area contributed by atoms with E-state index in [9.17, 15) is 4.79 Å². The van der Waals surface area contributed by atoms with Gasteiger partial charge in [-0.05, 0) is 65.1 Å². The van der Waals surface area contributed by atoms with Crippen molar-refractivity contribution in [1.29, 1.82) is 0 Å². The first-order chi connectivity index (χ1) is 10.3. The number of nitrogens with one attached hydrogen (secondary N) is 2. The van der Waals surface area contributed by atoms with E-state index in [0.29, 0.717) is 18.5 Å². The monoisotopic (exact) mass is 307 g/mol. The normalized spacial score (nSPS) is 21.4. The number of alkyl carbamates (subject to hydrolysis) is 1. The molecular formula is C17H29N3O2. The molecule has 5 nitrogen and oxygen atoms in total. The summed E-state index contributed by atoms with van der Waals surface area (Å²) >= 11 is 0. The molecule has 0 aliphatic carbocycles. The fourth-order valence-corrected chi connectivity index (χ4v) is 2.96. The van der Waals surface area contributed by atoms with Crippen LogP contribution < -0.4 is 5.32 Å². The maximum atomic E-state index is 11.8. The smallest absolute Gasteiger partial charge is 0.407 e. The van der Waals surface area contributed by atoms with E-state index < -0.39 is 5.60 Å². The lowest BCUT2D eigenvalue weighted by Crippen LogP contribution is -2.43. The summed E-state index contributed by atoms with van der Waals surface area (Å²) in [6, 6.07) is 4.56. The zero-order chi connectivity index (χ0) is 16.2. The van der Waals surface area contributed by atoms with Crippen LogP contribution in [-0.2, 0) is 4.74 Å². The number of H-pyrrole nitrogens is 1. The van der Waals surface area contributed by atoms with Gasteiger partial charge < -0.3 is 15.0 Å². The molecule has 5 heteroatoms. The SMILES string of the molecule is C[C@@H](c1ccc[nH]1)N1CCC[C@H](CNC(=O)OC(C)(C)C)C1. The minimum atomic E-state index is -0.440. The number of rotatable bonds is 4. The first kappa shape index (κ1) is 16.9. The van der Waals surface area contributed by atoms with Gasteiger partial charge in [0.15, 0.2) is 0 Å². The molecule has 0 spiro atoms. The lowest BCUT2D eigenvalue weighted by molar-refractivity contribution is 0.0500. The van der Waals surface area contributed by atoms with Crippen LogP contribution in [0.3, 0.4) is 0 Å². The molecule has 2 N–H and O–H groups in total. The zero-order valence-corrected chi connectivity index (χ0v) is 14.2. The average Bonchev–Trinajstić information content (AvgIpc) is 2.97. The highest BCUT2D eigenvalue weighted by molar-refractivity contribution is 5.67. The van der Waals surface area contributed by atoms with Crippen LogP contribution in [0.5, 0.6) is 0 Å². The Bertz CT molecular complexity index is 465. The highest BCUT2D eigenvalue weighted by Crippen LogP contribution is 2.25. The number of piperidine rings is 1. The number of hydrogen-bond acceptors (Lipinski definition) is 3. The quantitative estimate of drug-likeness (QED) is 0.897. The van der Waals surface area contributed by atoms with Gasteiger partial charge in [0.25, 0.3) is 0 Å².